The zero-order valence-corrected chi connectivity index (χ0v) is 37.8. The van der Waals surface area contributed by atoms with E-state index in [0.717, 1.165) is 34.5 Å². The van der Waals surface area contributed by atoms with Crippen LogP contribution in [0.3, 0.4) is 0 Å². The van der Waals surface area contributed by atoms with Crippen molar-refractivity contribution in [2.75, 3.05) is 0 Å². The van der Waals surface area contributed by atoms with E-state index in [9.17, 15) is 0 Å². The van der Waals surface area contributed by atoms with Crippen molar-refractivity contribution < 1.29 is 20.1 Å². The van der Waals surface area contributed by atoms with Crippen molar-refractivity contribution in [3.63, 3.8) is 0 Å². The molecule has 58 heavy (non-hydrogen) atoms. The molecule has 0 fully saturated rings. The monoisotopic (exact) mass is 963 g/mol. The van der Waals surface area contributed by atoms with Crippen molar-refractivity contribution in [2.24, 2.45) is 5.92 Å². The Hall–Kier alpha value is -5.29. The minimum atomic E-state index is -1.34. The predicted molar refractivity (Wildman–Crippen MR) is 248 cm³/mol. The molecule has 289 valence electrons. The number of thiophene rings is 1. The Morgan fingerprint density at radius 1 is 0.586 bits per heavy atom. The van der Waals surface area contributed by atoms with Crippen molar-refractivity contribution in [1.82, 2.24) is 9.97 Å². The standard InChI is InChI=1S/C35H22NS.C18H24NSi.Ir/c1-3-10-24(11-4-1)26-20-21-36-33(23-26)31-17-9-16-30-32-22-27(18-19-34(32)37-35(30)31)29-15-8-7-14-28(29)25-12-5-2-6-13-25;1-14(2)11-16-12-17(15-9-7-6-8-10-15)19-13-18(16)20(3,4)5;/h1-16,18-23H;6-9,12-14H,11H2,1-5H3;/q2*-1;. The van der Waals surface area contributed by atoms with Crippen LogP contribution < -0.4 is 5.19 Å². The van der Waals surface area contributed by atoms with Crippen molar-refractivity contribution in [1.29, 1.82) is 0 Å². The fraction of sp³-hybridized carbons (Fsp3) is 0.132. The number of hydrogen-bond donors (Lipinski definition) is 0. The maximum atomic E-state index is 4.74. The smallest absolute Gasteiger partial charge is 0.0798 e. The number of aromatic nitrogens is 2. The van der Waals surface area contributed by atoms with E-state index in [1.54, 1.807) is 0 Å². The molecule has 0 N–H and O–H groups in total. The van der Waals surface area contributed by atoms with E-state index in [0.29, 0.717) is 5.92 Å². The molecule has 9 aromatic rings. The summed E-state index contributed by atoms with van der Waals surface area (Å²) < 4.78 is 2.50. The molecule has 5 heteroatoms. The summed E-state index contributed by atoms with van der Waals surface area (Å²) in [6, 6.07) is 62.2. The molecule has 2 nitrogen and oxygen atoms in total. The van der Waals surface area contributed by atoms with Crippen LogP contribution >= 0.6 is 11.3 Å². The van der Waals surface area contributed by atoms with E-state index in [1.807, 2.05) is 47.9 Å². The third-order valence-corrected chi connectivity index (χ3v) is 13.6. The van der Waals surface area contributed by atoms with Crippen LogP contribution in [0, 0.1) is 18.1 Å². The van der Waals surface area contributed by atoms with E-state index in [2.05, 4.69) is 184 Å². The molecule has 0 bridgehead atoms. The second kappa shape index (κ2) is 18.1. The van der Waals surface area contributed by atoms with Crippen LogP contribution in [0.5, 0.6) is 0 Å². The molecule has 0 saturated heterocycles. The van der Waals surface area contributed by atoms with Gasteiger partial charge in [0.2, 0.25) is 0 Å². The van der Waals surface area contributed by atoms with Gasteiger partial charge in [0.25, 0.3) is 0 Å². The summed E-state index contributed by atoms with van der Waals surface area (Å²) >= 11 is 1.82. The van der Waals surface area contributed by atoms with Gasteiger partial charge in [-0.15, -0.1) is 59.7 Å². The Morgan fingerprint density at radius 3 is 1.97 bits per heavy atom. The summed E-state index contributed by atoms with van der Waals surface area (Å²) in [6.45, 7) is 11.7. The van der Waals surface area contributed by atoms with Crippen molar-refractivity contribution in [2.45, 2.75) is 39.9 Å². The minimum absolute atomic E-state index is 0. The number of pyridine rings is 2. The molecule has 0 aliphatic heterocycles. The molecule has 0 aliphatic carbocycles. The summed E-state index contributed by atoms with van der Waals surface area (Å²) in [5.74, 6) is 0.667. The SMILES string of the molecule is CC(C)Cc1cc(-c2[c-]cccc2)ncc1[Si](C)(C)C.[Ir].[c-]1ccc2c(sc3ccc(-c4ccccc4-c4ccccc4)cc32)c1-c1cc(-c2ccccc2)ccn1. The second-order valence-corrected chi connectivity index (χ2v) is 22.1. The topological polar surface area (TPSA) is 25.8 Å². The molecule has 0 aliphatic rings. The summed E-state index contributed by atoms with van der Waals surface area (Å²) in [7, 11) is -1.34. The van der Waals surface area contributed by atoms with Crippen LogP contribution in [-0.2, 0) is 26.5 Å². The molecule has 6 aromatic carbocycles. The normalized spacial score (nSPS) is 11.3. The molecular weight excluding hydrogens is 917 g/mol. The van der Waals surface area contributed by atoms with Gasteiger partial charge < -0.3 is 9.97 Å². The maximum absolute atomic E-state index is 4.74. The van der Waals surface area contributed by atoms with Gasteiger partial charge in [-0.1, -0.05) is 148 Å². The first kappa shape index (κ1) is 40.9. The average Bonchev–Trinajstić information content (AvgIpc) is 3.62. The number of hydrogen-bond acceptors (Lipinski definition) is 3. The van der Waals surface area contributed by atoms with Crippen LogP contribution in [0.25, 0.3) is 76.1 Å². The molecule has 0 unspecified atom stereocenters. The van der Waals surface area contributed by atoms with Gasteiger partial charge in [-0.2, -0.15) is 11.3 Å². The van der Waals surface area contributed by atoms with Gasteiger partial charge in [0.1, 0.15) is 0 Å². The third kappa shape index (κ3) is 9.04. The van der Waals surface area contributed by atoms with Gasteiger partial charge in [0.05, 0.1) is 8.07 Å². The predicted octanol–water partition coefficient (Wildman–Crippen LogP) is 14.2. The summed E-state index contributed by atoms with van der Waals surface area (Å²) in [6.07, 6.45) is 5.14. The number of fused-ring (bicyclic) bond motifs is 3. The van der Waals surface area contributed by atoms with Crippen LogP contribution in [0.4, 0.5) is 0 Å². The molecule has 9 rings (SSSR count). The Balaban J connectivity index is 0.000000208. The van der Waals surface area contributed by atoms with Crippen LogP contribution in [0.1, 0.15) is 19.4 Å². The fourth-order valence-electron chi connectivity index (χ4n) is 7.56. The summed E-state index contributed by atoms with van der Waals surface area (Å²) in [4.78, 5) is 9.43. The zero-order chi connectivity index (χ0) is 39.4. The van der Waals surface area contributed by atoms with Crippen LogP contribution in [0.15, 0.2) is 170 Å². The molecule has 0 amide bonds. The number of benzene rings is 6. The fourth-order valence-corrected chi connectivity index (χ4v) is 10.3. The maximum Gasteiger partial charge on any atom is 0.0798 e. The third-order valence-electron chi connectivity index (χ3n) is 10.3. The molecule has 0 saturated carbocycles. The first-order valence-corrected chi connectivity index (χ1v) is 24.0. The van der Waals surface area contributed by atoms with Gasteiger partial charge >= 0.3 is 0 Å². The van der Waals surface area contributed by atoms with Gasteiger partial charge in [-0.3, -0.25) is 0 Å². The zero-order valence-electron chi connectivity index (χ0n) is 33.6. The van der Waals surface area contributed by atoms with Crippen molar-refractivity contribution >= 4 is 44.8 Å². The van der Waals surface area contributed by atoms with Crippen molar-refractivity contribution in [3.8, 4) is 55.9 Å². The second-order valence-electron chi connectivity index (χ2n) is 16.0. The van der Waals surface area contributed by atoms with Gasteiger partial charge in [0, 0.05) is 37.2 Å². The largest absolute Gasteiger partial charge is 0.305 e. The molecule has 3 aromatic heterocycles. The molecule has 0 atom stereocenters. The Labute approximate surface area is 362 Å². The average molecular weight is 963 g/mol. The first-order chi connectivity index (χ1) is 27.7. The Bertz CT molecular complexity index is 2770. The number of nitrogens with zero attached hydrogens (tertiary/aromatic N) is 2. The Morgan fingerprint density at radius 2 is 1.28 bits per heavy atom. The molecule has 0 spiro atoms. The first-order valence-electron chi connectivity index (χ1n) is 19.7. The van der Waals surface area contributed by atoms with Crippen LogP contribution in [0.2, 0.25) is 19.6 Å². The quantitative estimate of drug-likeness (QED) is 0.112. The van der Waals surface area contributed by atoms with Gasteiger partial charge in [-0.25, -0.2) is 0 Å². The summed E-state index contributed by atoms with van der Waals surface area (Å²) in [5, 5.41) is 4.01. The molecule has 3 heterocycles. The van der Waals surface area contributed by atoms with Gasteiger partial charge in [-0.05, 0) is 90.6 Å². The van der Waals surface area contributed by atoms with Crippen LogP contribution in [-0.4, -0.2) is 18.0 Å². The van der Waals surface area contributed by atoms with E-state index in [4.69, 9.17) is 4.98 Å². The van der Waals surface area contributed by atoms with Crippen molar-refractivity contribution in [3.05, 3.63) is 188 Å². The van der Waals surface area contributed by atoms with E-state index in [1.165, 1.54) is 58.7 Å². The number of rotatable bonds is 8. The summed E-state index contributed by atoms with van der Waals surface area (Å²) in [5.41, 5.74) is 12.9. The van der Waals surface area contributed by atoms with E-state index < -0.39 is 8.07 Å². The Kier molecular flexibility index (Phi) is 12.8. The van der Waals surface area contributed by atoms with E-state index >= 15 is 0 Å². The molecule has 1 radical (unpaired) electrons. The van der Waals surface area contributed by atoms with E-state index in [-0.39, 0.29) is 20.1 Å². The van der Waals surface area contributed by atoms with Gasteiger partial charge in [0.15, 0.2) is 0 Å². The molecular formula is C53H46IrN2SSi-2. The minimum Gasteiger partial charge on any atom is -0.305 e.